The molecule has 6 rings (SSSR count). The number of alkyl halides is 1. The predicted molar refractivity (Wildman–Crippen MR) is 128 cm³/mol. The monoisotopic (exact) mass is 457 g/mol. The van der Waals surface area contributed by atoms with Crippen LogP contribution in [0.1, 0.15) is 12.2 Å². The number of piperidine rings is 1. The number of hydrogen-bond acceptors (Lipinski definition) is 6. The number of ether oxygens (including phenoxy) is 1. The molecule has 0 bridgehead atoms. The smallest absolute Gasteiger partial charge is 0.129 e. The summed E-state index contributed by atoms with van der Waals surface area (Å²) >= 11 is 0. The molecule has 2 aromatic carbocycles. The lowest BCUT2D eigenvalue weighted by molar-refractivity contribution is 0.159. The van der Waals surface area contributed by atoms with Crippen molar-refractivity contribution in [3.8, 4) is 22.8 Å². The number of benzene rings is 2. The zero-order valence-electron chi connectivity index (χ0n) is 18.7. The van der Waals surface area contributed by atoms with E-state index in [9.17, 15) is 4.39 Å². The Bertz CT molecular complexity index is 1480. The second kappa shape index (κ2) is 8.49. The molecular formula is C25H24FN7O. The highest BCUT2D eigenvalue weighted by Gasteiger charge is 2.25. The summed E-state index contributed by atoms with van der Waals surface area (Å²) < 4.78 is 22.0. The molecule has 3 aromatic heterocycles. The third-order valence-electron chi connectivity index (χ3n) is 6.21. The number of aryl methyl sites for hydroxylation is 1. The van der Waals surface area contributed by atoms with Gasteiger partial charge in [0.2, 0.25) is 0 Å². The molecule has 8 nitrogen and oxygen atoms in total. The van der Waals surface area contributed by atoms with E-state index in [1.54, 1.807) is 17.1 Å². The highest BCUT2D eigenvalue weighted by molar-refractivity contribution is 5.79. The molecular weight excluding hydrogens is 433 g/mol. The van der Waals surface area contributed by atoms with Crippen molar-refractivity contribution in [3.05, 3.63) is 60.8 Å². The summed E-state index contributed by atoms with van der Waals surface area (Å²) in [5.74, 6) is 2.22. The predicted octanol–water partition coefficient (Wildman–Crippen LogP) is 4.42. The third kappa shape index (κ3) is 4.10. The summed E-state index contributed by atoms with van der Waals surface area (Å²) in [7, 11) is 0. The van der Waals surface area contributed by atoms with Gasteiger partial charge in [-0.1, -0.05) is 0 Å². The topological polar surface area (TPSA) is 93.5 Å². The van der Waals surface area contributed by atoms with Gasteiger partial charge in [0.05, 0.1) is 40.2 Å². The van der Waals surface area contributed by atoms with Crippen molar-refractivity contribution in [1.82, 2.24) is 35.0 Å². The molecule has 0 radical (unpaired) electrons. The van der Waals surface area contributed by atoms with Gasteiger partial charge in [0.25, 0.3) is 0 Å². The van der Waals surface area contributed by atoms with Crippen molar-refractivity contribution < 1.29 is 9.13 Å². The van der Waals surface area contributed by atoms with E-state index < -0.39 is 6.17 Å². The van der Waals surface area contributed by atoms with E-state index in [-0.39, 0.29) is 5.92 Å². The highest BCUT2D eigenvalue weighted by atomic mass is 19.1. The molecule has 0 saturated carbocycles. The average molecular weight is 458 g/mol. The Morgan fingerprint density at radius 3 is 2.79 bits per heavy atom. The molecule has 34 heavy (non-hydrogen) atoms. The zero-order chi connectivity index (χ0) is 23.1. The Hall–Kier alpha value is -3.85. The van der Waals surface area contributed by atoms with E-state index in [4.69, 9.17) is 9.72 Å². The number of aromatic amines is 1. The van der Waals surface area contributed by atoms with Gasteiger partial charge in [0.1, 0.15) is 23.5 Å². The van der Waals surface area contributed by atoms with Crippen molar-refractivity contribution >= 4 is 22.1 Å². The average Bonchev–Trinajstić information content (AvgIpc) is 3.45. The summed E-state index contributed by atoms with van der Waals surface area (Å²) in [6.07, 6.45) is 5.36. The Labute approximate surface area is 195 Å². The summed E-state index contributed by atoms with van der Waals surface area (Å²) in [4.78, 5) is 17.0. The number of imidazole rings is 1. The maximum Gasteiger partial charge on any atom is 0.129 e. The molecule has 0 amide bonds. The van der Waals surface area contributed by atoms with Gasteiger partial charge in [0.15, 0.2) is 0 Å². The van der Waals surface area contributed by atoms with Crippen molar-refractivity contribution in [2.75, 3.05) is 13.1 Å². The van der Waals surface area contributed by atoms with Crippen LogP contribution >= 0.6 is 0 Å². The lowest BCUT2D eigenvalue weighted by Gasteiger charge is -2.26. The van der Waals surface area contributed by atoms with E-state index in [1.807, 2.05) is 49.5 Å². The van der Waals surface area contributed by atoms with Crippen LogP contribution in [0, 0.1) is 12.8 Å². The lowest BCUT2D eigenvalue weighted by atomic mass is 9.96. The molecule has 5 aromatic rings. The van der Waals surface area contributed by atoms with E-state index in [0.29, 0.717) is 30.3 Å². The maximum absolute atomic E-state index is 14.2. The van der Waals surface area contributed by atoms with Crippen LogP contribution < -0.4 is 10.1 Å². The number of H-pyrrole nitrogens is 1. The van der Waals surface area contributed by atoms with Crippen LogP contribution in [-0.2, 0) is 6.54 Å². The highest BCUT2D eigenvalue weighted by Crippen LogP contribution is 2.28. The van der Waals surface area contributed by atoms with Gasteiger partial charge in [-0.25, -0.2) is 14.4 Å². The third-order valence-corrected chi connectivity index (χ3v) is 6.21. The summed E-state index contributed by atoms with van der Waals surface area (Å²) in [6, 6.07) is 11.4. The number of rotatable bonds is 5. The SMILES string of the molecule is Cc1nc2ccc(Oc3ccc4ncc(-c5cnn(CC6CCNCC6F)c5)nc4c3)cc2[nH]1. The molecule has 172 valence electrons. The van der Waals surface area contributed by atoms with Crippen LogP contribution in [0.4, 0.5) is 4.39 Å². The van der Waals surface area contributed by atoms with Gasteiger partial charge in [-0.05, 0) is 44.2 Å². The first-order valence-electron chi connectivity index (χ1n) is 11.4. The van der Waals surface area contributed by atoms with Gasteiger partial charge >= 0.3 is 0 Å². The second-order valence-electron chi connectivity index (χ2n) is 8.73. The Morgan fingerprint density at radius 1 is 1.06 bits per heavy atom. The molecule has 1 saturated heterocycles. The fourth-order valence-electron chi connectivity index (χ4n) is 4.43. The first kappa shape index (κ1) is 20.7. The number of aromatic nitrogens is 6. The zero-order valence-corrected chi connectivity index (χ0v) is 18.7. The molecule has 1 aliphatic heterocycles. The Morgan fingerprint density at radius 2 is 1.91 bits per heavy atom. The van der Waals surface area contributed by atoms with E-state index >= 15 is 0 Å². The molecule has 0 spiro atoms. The minimum absolute atomic E-state index is 0.0266. The molecule has 2 unspecified atom stereocenters. The summed E-state index contributed by atoms with van der Waals surface area (Å²) in [5.41, 5.74) is 4.90. The first-order chi connectivity index (χ1) is 16.6. The van der Waals surface area contributed by atoms with E-state index in [0.717, 1.165) is 46.4 Å². The summed E-state index contributed by atoms with van der Waals surface area (Å²) in [5, 5.41) is 7.52. The minimum Gasteiger partial charge on any atom is -0.457 e. The van der Waals surface area contributed by atoms with Crippen molar-refractivity contribution in [3.63, 3.8) is 0 Å². The molecule has 2 N–H and O–H groups in total. The van der Waals surface area contributed by atoms with Crippen LogP contribution in [0.15, 0.2) is 55.0 Å². The van der Waals surface area contributed by atoms with E-state index in [2.05, 4.69) is 25.4 Å². The summed E-state index contributed by atoms with van der Waals surface area (Å²) in [6.45, 7) is 3.74. The van der Waals surface area contributed by atoms with Crippen LogP contribution in [0.5, 0.6) is 11.5 Å². The van der Waals surface area contributed by atoms with Crippen molar-refractivity contribution in [1.29, 1.82) is 0 Å². The quantitative estimate of drug-likeness (QED) is 0.406. The molecule has 1 fully saturated rings. The van der Waals surface area contributed by atoms with Gasteiger partial charge < -0.3 is 15.0 Å². The maximum atomic E-state index is 14.2. The van der Waals surface area contributed by atoms with Crippen LogP contribution in [0.25, 0.3) is 33.3 Å². The lowest BCUT2D eigenvalue weighted by Crippen LogP contribution is -2.39. The van der Waals surface area contributed by atoms with Crippen LogP contribution in [-0.4, -0.2) is 49.0 Å². The number of nitrogens with one attached hydrogen (secondary N) is 2. The second-order valence-corrected chi connectivity index (χ2v) is 8.73. The van der Waals surface area contributed by atoms with Crippen molar-refractivity contribution in [2.45, 2.75) is 26.1 Å². The van der Waals surface area contributed by atoms with Gasteiger partial charge in [-0.3, -0.25) is 9.67 Å². The van der Waals surface area contributed by atoms with Crippen LogP contribution in [0.3, 0.4) is 0 Å². The number of hydrogen-bond donors (Lipinski definition) is 2. The minimum atomic E-state index is -0.849. The fraction of sp³-hybridized carbons (Fsp3) is 0.280. The van der Waals surface area contributed by atoms with Gasteiger partial charge in [-0.2, -0.15) is 5.10 Å². The molecule has 0 aliphatic carbocycles. The van der Waals surface area contributed by atoms with Gasteiger partial charge in [0, 0.05) is 42.9 Å². The normalized spacial score (nSPS) is 18.5. The Balaban J connectivity index is 1.23. The van der Waals surface area contributed by atoms with Crippen molar-refractivity contribution in [2.24, 2.45) is 5.92 Å². The number of halogens is 1. The molecule has 9 heteroatoms. The van der Waals surface area contributed by atoms with Crippen LogP contribution in [0.2, 0.25) is 0 Å². The molecule has 4 heterocycles. The van der Waals surface area contributed by atoms with Gasteiger partial charge in [-0.15, -0.1) is 0 Å². The number of fused-ring (bicyclic) bond motifs is 2. The molecule has 2 atom stereocenters. The Kier molecular flexibility index (Phi) is 5.18. The van der Waals surface area contributed by atoms with E-state index in [1.165, 1.54) is 0 Å². The number of nitrogens with zero attached hydrogens (tertiary/aromatic N) is 5. The first-order valence-corrected chi connectivity index (χ1v) is 11.4. The fourth-order valence-corrected chi connectivity index (χ4v) is 4.43. The standard InChI is InChI=1S/C25H24FN7O/c1-15-30-22-5-3-19(9-24(22)31-15)34-18-2-4-21-23(8-18)32-25(12-28-21)17-10-29-33(14-17)13-16-6-7-27-11-20(16)26/h2-5,8-10,12,14,16,20,27H,6-7,11,13H2,1H3,(H,30,31). The largest absolute Gasteiger partial charge is 0.457 e. The molecule has 1 aliphatic rings.